The van der Waals surface area contributed by atoms with E-state index in [1.54, 1.807) is 20.8 Å². The minimum absolute atomic E-state index is 0.0107. The molecule has 1 atom stereocenters. The Morgan fingerprint density at radius 3 is 2.18 bits per heavy atom. The number of rotatable bonds is 6. The molecule has 3 nitrogen and oxygen atoms in total. The van der Waals surface area contributed by atoms with E-state index in [0.717, 1.165) is 4.90 Å². The number of hydrogen-bond donors (Lipinski definition) is 1. The maximum atomic E-state index is 12.3. The van der Waals surface area contributed by atoms with Crippen LogP contribution in [0.5, 0.6) is 0 Å². The number of nitrogens with zero attached hydrogens (tertiary/aromatic N) is 1. The third-order valence-electron chi connectivity index (χ3n) is 2.12. The molecule has 0 aliphatic rings. The highest BCUT2D eigenvalue weighted by Crippen LogP contribution is 2.18. The Morgan fingerprint density at radius 2 is 1.82 bits per heavy atom. The lowest BCUT2D eigenvalue weighted by Gasteiger charge is -2.26. The second kappa shape index (κ2) is 6.83. The van der Waals surface area contributed by atoms with Gasteiger partial charge in [0, 0.05) is 19.0 Å². The van der Waals surface area contributed by atoms with Crippen LogP contribution in [0, 0.1) is 5.92 Å². The lowest BCUT2D eigenvalue weighted by Crippen LogP contribution is -2.41. The summed E-state index contributed by atoms with van der Waals surface area (Å²) in [6, 6.07) is -0.175. The van der Waals surface area contributed by atoms with E-state index in [2.05, 4.69) is 0 Å². The van der Waals surface area contributed by atoms with Crippen LogP contribution in [0.25, 0.3) is 0 Å². The van der Waals surface area contributed by atoms with Crippen molar-refractivity contribution in [3.8, 4) is 0 Å². The van der Waals surface area contributed by atoms with Crippen molar-refractivity contribution in [2.45, 2.75) is 45.8 Å². The first kappa shape index (κ1) is 16.2. The summed E-state index contributed by atoms with van der Waals surface area (Å²) in [5.74, 6) is -0.468. The second-order valence-corrected chi connectivity index (χ2v) is 4.80. The van der Waals surface area contributed by atoms with Crippen LogP contribution >= 0.6 is 0 Å². The van der Waals surface area contributed by atoms with Gasteiger partial charge in [-0.15, -0.1) is 0 Å². The Labute approximate surface area is 100 Å². The number of hydrogen-bond acceptors (Lipinski definition) is 2. The van der Waals surface area contributed by atoms with Crippen LogP contribution in [0.2, 0.25) is 0 Å². The lowest BCUT2D eigenvalue weighted by atomic mass is 10.1. The molecule has 0 fully saturated rings. The van der Waals surface area contributed by atoms with Crippen LogP contribution in [0.1, 0.15) is 33.6 Å². The molecule has 17 heavy (non-hydrogen) atoms. The molecule has 0 bridgehead atoms. The Kier molecular flexibility index (Phi) is 6.52. The maximum absolute atomic E-state index is 12.3. The van der Waals surface area contributed by atoms with Gasteiger partial charge in [0.25, 0.3) is 0 Å². The molecule has 1 amide bonds. The maximum Gasteiger partial charge on any atom is 0.406 e. The Hall–Kier alpha value is -0.780. The Bertz CT molecular complexity index is 239. The summed E-state index contributed by atoms with van der Waals surface area (Å²) < 4.78 is 36.9. The molecule has 0 aromatic carbocycles. The van der Waals surface area contributed by atoms with Crippen molar-refractivity contribution >= 4 is 5.91 Å². The van der Waals surface area contributed by atoms with E-state index in [-0.39, 0.29) is 24.9 Å². The van der Waals surface area contributed by atoms with Gasteiger partial charge in [-0.1, -0.05) is 13.8 Å². The zero-order valence-corrected chi connectivity index (χ0v) is 10.5. The molecule has 0 rings (SSSR count). The van der Waals surface area contributed by atoms with Gasteiger partial charge in [-0.3, -0.25) is 4.79 Å². The fourth-order valence-electron chi connectivity index (χ4n) is 1.42. The minimum atomic E-state index is -4.35. The molecule has 0 heterocycles. The molecular weight excluding hydrogens is 233 g/mol. The van der Waals surface area contributed by atoms with E-state index in [1.807, 2.05) is 0 Å². The van der Waals surface area contributed by atoms with Crippen molar-refractivity contribution in [1.82, 2.24) is 4.90 Å². The third-order valence-corrected chi connectivity index (χ3v) is 2.12. The van der Waals surface area contributed by atoms with Crippen LogP contribution in [0.15, 0.2) is 0 Å². The van der Waals surface area contributed by atoms with E-state index in [0.29, 0.717) is 6.42 Å². The molecule has 0 spiro atoms. The number of carbonyl (C=O) groups excluding carboxylic acids is 1. The van der Waals surface area contributed by atoms with Gasteiger partial charge in [0.2, 0.25) is 5.91 Å². The van der Waals surface area contributed by atoms with Gasteiger partial charge in [0.05, 0.1) is 0 Å². The second-order valence-electron chi connectivity index (χ2n) is 4.80. The van der Waals surface area contributed by atoms with Gasteiger partial charge in [0.1, 0.15) is 6.54 Å². The average molecular weight is 254 g/mol. The summed E-state index contributed by atoms with van der Waals surface area (Å²) >= 11 is 0. The van der Waals surface area contributed by atoms with Crippen LogP contribution in [0.3, 0.4) is 0 Å². The van der Waals surface area contributed by atoms with Crippen LogP contribution in [0.4, 0.5) is 13.2 Å². The Balaban J connectivity index is 4.40. The number of carbonyl (C=O) groups is 1. The molecular formula is C11H21F3N2O. The highest BCUT2D eigenvalue weighted by molar-refractivity contribution is 5.76. The smallest absolute Gasteiger partial charge is 0.333 e. The molecule has 2 N–H and O–H groups in total. The SMILES string of the molecule is CC(C)CN(CC(F)(F)F)C(=O)CCC(C)N. The predicted octanol–water partition coefficient (Wildman–Crippen LogP) is 2.16. The topological polar surface area (TPSA) is 46.3 Å². The first-order valence-corrected chi connectivity index (χ1v) is 5.72. The van der Waals surface area contributed by atoms with Gasteiger partial charge in [-0.25, -0.2) is 0 Å². The van der Waals surface area contributed by atoms with Gasteiger partial charge in [-0.05, 0) is 19.3 Å². The van der Waals surface area contributed by atoms with E-state index < -0.39 is 18.6 Å². The predicted molar refractivity (Wildman–Crippen MR) is 60.4 cm³/mol. The Morgan fingerprint density at radius 1 is 1.29 bits per heavy atom. The summed E-state index contributed by atoms with van der Waals surface area (Å²) in [6.45, 7) is 4.23. The molecule has 102 valence electrons. The van der Waals surface area contributed by atoms with Crippen molar-refractivity contribution in [3.05, 3.63) is 0 Å². The minimum Gasteiger partial charge on any atom is -0.333 e. The van der Waals surface area contributed by atoms with Crippen molar-refractivity contribution < 1.29 is 18.0 Å². The summed E-state index contributed by atoms with van der Waals surface area (Å²) in [4.78, 5) is 12.5. The molecule has 1 unspecified atom stereocenters. The van der Waals surface area contributed by atoms with E-state index in [4.69, 9.17) is 5.73 Å². The standard InChI is InChI=1S/C11H21F3N2O/c1-8(2)6-16(7-11(12,13)14)10(17)5-4-9(3)15/h8-9H,4-7,15H2,1-3H3. The van der Waals surface area contributed by atoms with Crippen LogP contribution in [-0.4, -0.2) is 36.1 Å². The number of alkyl halides is 3. The zero-order chi connectivity index (χ0) is 13.6. The highest BCUT2D eigenvalue weighted by atomic mass is 19.4. The van der Waals surface area contributed by atoms with Crippen molar-refractivity contribution in [2.24, 2.45) is 11.7 Å². The number of nitrogens with two attached hydrogens (primary N) is 1. The molecule has 0 radical (unpaired) electrons. The van der Waals surface area contributed by atoms with Crippen molar-refractivity contribution in [1.29, 1.82) is 0 Å². The summed E-state index contributed by atoms with van der Waals surface area (Å²) in [7, 11) is 0. The van der Waals surface area contributed by atoms with Crippen LogP contribution < -0.4 is 5.73 Å². The molecule has 0 aliphatic heterocycles. The first-order valence-electron chi connectivity index (χ1n) is 5.72. The monoisotopic (exact) mass is 254 g/mol. The average Bonchev–Trinajstić information content (AvgIpc) is 2.09. The summed E-state index contributed by atoms with van der Waals surface area (Å²) in [5.41, 5.74) is 5.48. The van der Waals surface area contributed by atoms with Crippen LogP contribution in [-0.2, 0) is 4.79 Å². The van der Waals surface area contributed by atoms with E-state index in [9.17, 15) is 18.0 Å². The summed E-state index contributed by atoms with van der Waals surface area (Å²) in [6.07, 6.45) is -3.87. The highest BCUT2D eigenvalue weighted by Gasteiger charge is 2.32. The van der Waals surface area contributed by atoms with Gasteiger partial charge in [0.15, 0.2) is 0 Å². The molecule has 0 saturated carbocycles. The lowest BCUT2D eigenvalue weighted by molar-refractivity contribution is -0.162. The molecule has 0 saturated heterocycles. The number of halogens is 3. The van der Waals surface area contributed by atoms with Gasteiger partial charge in [-0.2, -0.15) is 13.2 Å². The van der Waals surface area contributed by atoms with Crippen molar-refractivity contribution in [2.75, 3.05) is 13.1 Å². The fourth-order valence-corrected chi connectivity index (χ4v) is 1.42. The van der Waals surface area contributed by atoms with E-state index in [1.165, 1.54) is 0 Å². The summed E-state index contributed by atoms with van der Waals surface area (Å²) in [5, 5.41) is 0. The third kappa shape index (κ3) is 8.97. The first-order chi connectivity index (χ1) is 7.61. The normalized spacial score (nSPS) is 13.9. The van der Waals surface area contributed by atoms with E-state index >= 15 is 0 Å². The fraction of sp³-hybridized carbons (Fsp3) is 0.909. The zero-order valence-electron chi connectivity index (χ0n) is 10.5. The molecule has 0 aromatic heterocycles. The molecule has 0 aliphatic carbocycles. The molecule has 6 heteroatoms. The largest absolute Gasteiger partial charge is 0.406 e. The quantitative estimate of drug-likeness (QED) is 0.789. The number of amides is 1. The van der Waals surface area contributed by atoms with Gasteiger partial charge >= 0.3 is 6.18 Å². The van der Waals surface area contributed by atoms with Gasteiger partial charge < -0.3 is 10.6 Å². The molecule has 0 aromatic rings. The van der Waals surface area contributed by atoms with Crippen molar-refractivity contribution in [3.63, 3.8) is 0 Å².